The van der Waals surface area contributed by atoms with Crippen molar-refractivity contribution in [3.63, 3.8) is 0 Å². The van der Waals surface area contributed by atoms with Crippen LogP contribution >= 0.6 is 0 Å². The van der Waals surface area contributed by atoms with Crippen LogP contribution in [0.25, 0.3) is 0 Å². The number of ether oxygens (including phenoxy) is 1. The molecule has 4 rings (SSSR count). The van der Waals surface area contributed by atoms with Crippen molar-refractivity contribution >= 4 is 0 Å². The Bertz CT molecular complexity index is 629. The Morgan fingerprint density at radius 2 is 2.23 bits per heavy atom. The molecule has 0 heterocycles. The predicted octanol–water partition coefficient (Wildman–Crippen LogP) is 5.13. The number of hydrogen-bond acceptors (Lipinski definition) is 1. The van der Waals surface area contributed by atoms with Gasteiger partial charge in [0.25, 0.3) is 0 Å². The fraction of sp³-hybridized carbons (Fsp3) is 0.524. The summed E-state index contributed by atoms with van der Waals surface area (Å²) in [5, 5.41) is 0. The SMILES string of the molecule is C=C[C@@H]1Cc2cc(OC)ccc2[C@H]2CC[C@]3(C)CC=C[C@H]3[C@H]12. The number of fused-ring (bicyclic) bond motifs is 5. The average molecular weight is 294 g/mol. The smallest absolute Gasteiger partial charge is 0.119 e. The highest BCUT2D eigenvalue weighted by Gasteiger charge is 2.50. The monoisotopic (exact) mass is 294 g/mol. The van der Waals surface area contributed by atoms with Crippen molar-refractivity contribution in [2.75, 3.05) is 7.11 Å². The molecular formula is C21H26O. The van der Waals surface area contributed by atoms with Gasteiger partial charge in [-0.15, -0.1) is 6.58 Å². The van der Waals surface area contributed by atoms with Gasteiger partial charge in [0.1, 0.15) is 5.75 Å². The minimum Gasteiger partial charge on any atom is -0.497 e. The fourth-order valence-electron chi connectivity index (χ4n) is 5.45. The summed E-state index contributed by atoms with van der Waals surface area (Å²) in [6.07, 6.45) is 12.2. The van der Waals surface area contributed by atoms with Crippen LogP contribution in [0.3, 0.4) is 0 Å². The summed E-state index contributed by atoms with van der Waals surface area (Å²) in [5.41, 5.74) is 3.55. The largest absolute Gasteiger partial charge is 0.497 e. The molecule has 1 saturated carbocycles. The van der Waals surface area contributed by atoms with Crippen molar-refractivity contribution in [3.05, 3.63) is 54.1 Å². The van der Waals surface area contributed by atoms with Gasteiger partial charge in [0.15, 0.2) is 0 Å². The van der Waals surface area contributed by atoms with Gasteiger partial charge in [0.05, 0.1) is 7.11 Å². The molecule has 22 heavy (non-hydrogen) atoms. The fourth-order valence-corrected chi connectivity index (χ4v) is 5.45. The Balaban J connectivity index is 1.78. The van der Waals surface area contributed by atoms with E-state index in [-0.39, 0.29) is 0 Å². The topological polar surface area (TPSA) is 9.23 Å². The molecule has 0 saturated heterocycles. The van der Waals surface area contributed by atoms with E-state index in [9.17, 15) is 0 Å². The van der Waals surface area contributed by atoms with Gasteiger partial charge < -0.3 is 4.74 Å². The minimum atomic E-state index is 0.492. The zero-order valence-corrected chi connectivity index (χ0v) is 13.7. The van der Waals surface area contributed by atoms with Crippen LogP contribution in [0.15, 0.2) is 43.0 Å². The second kappa shape index (κ2) is 5.01. The van der Waals surface area contributed by atoms with Gasteiger partial charge in [-0.1, -0.05) is 31.2 Å². The molecule has 1 nitrogen and oxygen atoms in total. The molecule has 1 heteroatoms. The highest BCUT2D eigenvalue weighted by molar-refractivity contribution is 5.42. The zero-order chi connectivity index (χ0) is 15.3. The molecule has 1 aromatic carbocycles. The molecular weight excluding hydrogens is 268 g/mol. The van der Waals surface area contributed by atoms with Gasteiger partial charge >= 0.3 is 0 Å². The van der Waals surface area contributed by atoms with Crippen LogP contribution in [-0.4, -0.2) is 7.11 Å². The van der Waals surface area contributed by atoms with Crippen molar-refractivity contribution in [2.45, 2.75) is 38.5 Å². The van der Waals surface area contributed by atoms with Crippen molar-refractivity contribution in [1.82, 2.24) is 0 Å². The molecule has 116 valence electrons. The van der Waals surface area contributed by atoms with Crippen LogP contribution in [0.4, 0.5) is 0 Å². The van der Waals surface area contributed by atoms with E-state index in [1.807, 2.05) is 0 Å². The lowest BCUT2D eigenvalue weighted by Crippen LogP contribution is -2.43. The third kappa shape index (κ3) is 1.91. The molecule has 3 aliphatic carbocycles. The Labute approximate surface area is 134 Å². The molecule has 0 spiro atoms. The number of hydrogen-bond donors (Lipinski definition) is 0. The van der Waals surface area contributed by atoms with Crippen molar-refractivity contribution in [2.24, 2.45) is 23.2 Å². The van der Waals surface area contributed by atoms with Crippen LogP contribution in [0.5, 0.6) is 5.75 Å². The van der Waals surface area contributed by atoms with Crippen LogP contribution in [0.1, 0.15) is 43.2 Å². The van der Waals surface area contributed by atoms with Crippen molar-refractivity contribution in [1.29, 1.82) is 0 Å². The first-order valence-electron chi connectivity index (χ1n) is 8.62. The summed E-state index contributed by atoms with van der Waals surface area (Å²) in [7, 11) is 1.76. The molecule has 5 atom stereocenters. The van der Waals surface area contributed by atoms with E-state index in [0.717, 1.165) is 24.0 Å². The number of allylic oxidation sites excluding steroid dienone is 3. The van der Waals surface area contributed by atoms with Gasteiger partial charge in [-0.2, -0.15) is 0 Å². The highest BCUT2D eigenvalue weighted by atomic mass is 16.5. The zero-order valence-electron chi connectivity index (χ0n) is 13.7. The number of benzene rings is 1. The molecule has 0 aromatic heterocycles. The lowest BCUT2D eigenvalue weighted by Gasteiger charge is -2.51. The van der Waals surface area contributed by atoms with Crippen LogP contribution in [0.2, 0.25) is 0 Å². The minimum absolute atomic E-state index is 0.492. The summed E-state index contributed by atoms with van der Waals surface area (Å²) in [5.74, 6) is 3.73. The highest BCUT2D eigenvalue weighted by Crippen LogP contribution is 2.60. The first-order chi connectivity index (χ1) is 10.7. The van der Waals surface area contributed by atoms with Gasteiger partial charge in [-0.05, 0) is 78.0 Å². The van der Waals surface area contributed by atoms with E-state index >= 15 is 0 Å². The number of rotatable bonds is 2. The maximum Gasteiger partial charge on any atom is 0.119 e. The first-order valence-corrected chi connectivity index (χ1v) is 8.62. The standard InChI is InChI=1S/C21H26O/c1-4-14-12-15-13-16(22-3)7-8-17(15)18-9-11-21(2)10-5-6-19(21)20(14)18/h4-8,13-14,18-20H,1,9-12H2,2-3H3/t14-,18-,19+,20-,21+/m1/s1. The van der Waals surface area contributed by atoms with Gasteiger partial charge in [0.2, 0.25) is 0 Å². The summed E-state index contributed by atoms with van der Waals surface area (Å²) < 4.78 is 5.43. The molecule has 0 radical (unpaired) electrons. The third-order valence-electron chi connectivity index (χ3n) is 6.64. The van der Waals surface area contributed by atoms with Crippen molar-refractivity contribution < 1.29 is 4.74 Å². The van der Waals surface area contributed by atoms with E-state index in [1.165, 1.54) is 24.8 Å². The van der Waals surface area contributed by atoms with E-state index < -0.39 is 0 Å². The summed E-state index contributed by atoms with van der Waals surface area (Å²) in [4.78, 5) is 0. The summed E-state index contributed by atoms with van der Waals surface area (Å²) in [6, 6.07) is 6.72. The van der Waals surface area contributed by atoms with Crippen LogP contribution in [-0.2, 0) is 6.42 Å². The maximum atomic E-state index is 5.43. The molecule has 1 aromatic rings. The first kappa shape index (κ1) is 14.1. The molecule has 0 aliphatic heterocycles. The Kier molecular flexibility index (Phi) is 3.21. The Morgan fingerprint density at radius 1 is 1.36 bits per heavy atom. The summed E-state index contributed by atoms with van der Waals surface area (Å²) in [6.45, 7) is 6.67. The third-order valence-corrected chi connectivity index (χ3v) is 6.64. The lowest BCUT2D eigenvalue weighted by atomic mass is 9.53. The van der Waals surface area contributed by atoms with Crippen LogP contribution in [0, 0.1) is 23.2 Å². The molecule has 0 N–H and O–H groups in total. The van der Waals surface area contributed by atoms with Gasteiger partial charge in [0, 0.05) is 0 Å². The molecule has 3 aliphatic rings. The quantitative estimate of drug-likeness (QED) is 0.687. The average Bonchev–Trinajstić information content (AvgIpc) is 2.94. The van der Waals surface area contributed by atoms with Crippen LogP contribution < -0.4 is 4.74 Å². The molecule has 0 unspecified atom stereocenters. The Hall–Kier alpha value is -1.50. The van der Waals surface area contributed by atoms with Gasteiger partial charge in [-0.3, -0.25) is 0 Å². The Morgan fingerprint density at radius 3 is 3.00 bits per heavy atom. The van der Waals surface area contributed by atoms with E-state index in [4.69, 9.17) is 4.74 Å². The summed E-state index contributed by atoms with van der Waals surface area (Å²) >= 11 is 0. The number of methoxy groups -OCH3 is 1. The van der Waals surface area contributed by atoms with E-state index in [1.54, 1.807) is 12.7 Å². The second-order valence-corrected chi connectivity index (χ2v) is 7.70. The molecule has 0 bridgehead atoms. The van der Waals surface area contributed by atoms with Crippen molar-refractivity contribution in [3.8, 4) is 5.75 Å². The second-order valence-electron chi connectivity index (χ2n) is 7.70. The normalized spacial score (nSPS) is 38.8. The van der Waals surface area contributed by atoms with Gasteiger partial charge in [-0.25, -0.2) is 0 Å². The molecule has 1 fully saturated rings. The molecule has 0 amide bonds. The lowest BCUT2D eigenvalue weighted by molar-refractivity contribution is 0.0575. The van der Waals surface area contributed by atoms with E-state index in [2.05, 4.69) is 49.9 Å². The predicted molar refractivity (Wildman–Crippen MR) is 91.2 cm³/mol. The van der Waals surface area contributed by atoms with E-state index in [0.29, 0.717) is 17.3 Å². The maximum absolute atomic E-state index is 5.43.